The molecule has 1 atom stereocenters. The van der Waals surface area contributed by atoms with E-state index in [9.17, 15) is 19.2 Å². The van der Waals surface area contributed by atoms with Gasteiger partial charge in [0.05, 0.1) is 16.7 Å². The molecule has 1 unspecified atom stereocenters. The predicted molar refractivity (Wildman–Crippen MR) is 76.0 cm³/mol. The number of fused-ring (bicyclic) bond motifs is 2. The van der Waals surface area contributed by atoms with Crippen molar-refractivity contribution in [3.63, 3.8) is 0 Å². The number of cyclic esters (lactones) is 4. The summed E-state index contributed by atoms with van der Waals surface area (Å²) in [5, 5.41) is 0. The highest BCUT2D eigenvalue weighted by Gasteiger charge is 2.38. The van der Waals surface area contributed by atoms with E-state index in [1.54, 1.807) is 30.4 Å². The van der Waals surface area contributed by atoms with Crippen LogP contribution in [0.3, 0.4) is 0 Å². The summed E-state index contributed by atoms with van der Waals surface area (Å²) in [5.41, 5.74) is 1.89. The third-order valence-corrected chi connectivity index (χ3v) is 3.89. The second kappa shape index (κ2) is 4.61. The second-order valence-corrected chi connectivity index (χ2v) is 5.23. The van der Waals surface area contributed by atoms with Crippen LogP contribution in [0, 0.1) is 5.92 Å². The molecule has 1 aromatic carbocycles. The number of carbonyl (C=O) groups is 4. The maximum atomic E-state index is 11.7. The number of hydrogen-bond acceptors (Lipinski definition) is 6. The molecule has 2 heterocycles. The van der Waals surface area contributed by atoms with Gasteiger partial charge < -0.3 is 9.47 Å². The summed E-state index contributed by atoms with van der Waals surface area (Å²) >= 11 is 0. The van der Waals surface area contributed by atoms with Gasteiger partial charge in [0.15, 0.2) is 0 Å². The molecule has 0 radical (unpaired) electrons. The fraction of sp³-hybridized carbons (Fsp3) is 0.0588. The smallest absolute Gasteiger partial charge is 0.346 e. The van der Waals surface area contributed by atoms with Crippen molar-refractivity contribution in [1.82, 2.24) is 0 Å². The minimum absolute atomic E-state index is 0.182. The van der Waals surface area contributed by atoms with Gasteiger partial charge in [-0.2, -0.15) is 0 Å². The van der Waals surface area contributed by atoms with E-state index in [1.165, 1.54) is 12.1 Å². The minimum Gasteiger partial charge on any atom is -0.389 e. The van der Waals surface area contributed by atoms with Crippen LogP contribution in [0.15, 0.2) is 48.1 Å². The van der Waals surface area contributed by atoms with Crippen LogP contribution >= 0.6 is 0 Å². The van der Waals surface area contributed by atoms with Crippen molar-refractivity contribution in [2.45, 2.75) is 0 Å². The molecule has 0 N–H and O–H groups in total. The number of benzene rings is 1. The Morgan fingerprint density at radius 1 is 0.870 bits per heavy atom. The quantitative estimate of drug-likeness (QED) is 0.578. The van der Waals surface area contributed by atoms with Crippen molar-refractivity contribution in [2.24, 2.45) is 5.92 Å². The van der Waals surface area contributed by atoms with Gasteiger partial charge in [0.1, 0.15) is 5.92 Å². The summed E-state index contributed by atoms with van der Waals surface area (Å²) in [6.45, 7) is 0. The SMILES string of the molecule is O=C1OC(=O)C2C=CC=C(c3ccc4c(c3)C(=O)OC4=O)C=C12. The van der Waals surface area contributed by atoms with E-state index in [0.29, 0.717) is 11.1 Å². The molecule has 2 aliphatic heterocycles. The Bertz CT molecular complexity index is 900. The van der Waals surface area contributed by atoms with E-state index in [0.717, 1.165) is 0 Å². The molecule has 0 bridgehead atoms. The number of carbonyl (C=O) groups excluding carboxylic acids is 4. The Labute approximate surface area is 129 Å². The van der Waals surface area contributed by atoms with Crippen LogP contribution in [0.4, 0.5) is 0 Å². The van der Waals surface area contributed by atoms with Crippen LogP contribution < -0.4 is 0 Å². The molecule has 23 heavy (non-hydrogen) atoms. The van der Waals surface area contributed by atoms with Crippen LogP contribution in [0.2, 0.25) is 0 Å². The van der Waals surface area contributed by atoms with Crippen molar-refractivity contribution in [3.05, 3.63) is 64.8 Å². The third-order valence-electron chi connectivity index (χ3n) is 3.89. The Morgan fingerprint density at radius 2 is 1.65 bits per heavy atom. The first-order valence-corrected chi connectivity index (χ1v) is 6.81. The maximum Gasteiger partial charge on any atom is 0.346 e. The highest BCUT2D eigenvalue weighted by Crippen LogP contribution is 2.32. The third kappa shape index (κ3) is 1.96. The van der Waals surface area contributed by atoms with Gasteiger partial charge in [-0.15, -0.1) is 0 Å². The monoisotopic (exact) mass is 308 g/mol. The minimum atomic E-state index is -0.711. The highest BCUT2D eigenvalue weighted by atomic mass is 16.6. The zero-order valence-electron chi connectivity index (χ0n) is 11.6. The maximum absolute atomic E-state index is 11.7. The molecule has 4 rings (SSSR count). The van der Waals surface area contributed by atoms with Crippen molar-refractivity contribution in [1.29, 1.82) is 0 Å². The molecule has 0 amide bonds. The Morgan fingerprint density at radius 3 is 2.48 bits per heavy atom. The van der Waals surface area contributed by atoms with Gasteiger partial charge in [-0.3, -0.25) is 4.79 Å². The number of rotatable bonds is 1. The van der Waals surface area contributed by atoms with Gasteiger partial charge in [-0.25, -0.2) is 14.4 Å². The van der Waals surface area contributed by atoms with Crippen molar-refractivity contribution in [3.8, 4) is 0 Å². The topological polar surface area (TPSA) is 86.7 Å². The van der Waals surface area contributed by atoms with Crippen LogP contribution in [0.25, 0.3) is 5.57 Å². The summed E-state index contributed by atoms with van der Waals surface area (Å²) in [6, 6.07) is 4.68. The van der Waals surface area contributed by atoms with Crippen LogP contribution in [-0.4, -0.2) is 23.9 Å². The molecule has 1 aliphatic carbocycles. The zero-order valence-corrected chi connectivity index (χ0v) is 11.6. The summed E-state index contributed by atoms with van der Waals surface area (Å²) in [7, 11) is 0. The first kappa shape index (κ1) is 13.4. The molecule has 0 aromatic heterocycles. The van der Waals surface area contributed by atoms with Crippen molar-refractivity contribution in [2.75, 3.05) is 0 Å². The fourth-order valence-corrected chi connectivity index (χ4v) is 2.73. The lowest BCUT2D eigenvalue weighted by Crippen LogP contribution is -2.04. The second-order valence-electron chi connectivity index (χ2n) is 5.23. The normalized spacial score (nSPS) is 22.0. The number of ether oxygens (including phenoxy) is 2. The van der Waals surface area contributed by atoms with E-state index in [1.807, 2.05) is 0 Å². The molecule has 112 valence electrons. The molecular formula is C17H8O6. The Balaban J connectivity index is 1.80. The molecule has 6 heteroatoms. The van der Waals surface area contributed by atoms with Gasteiger partial charge in [-0.05, 0) is 29.3 Å². The fourth-order valence-electron chi connectivity index (χ4n) is 2.73. The van der Waals surface area contributed by atoms with Gasteiger partial charge in [0.25, 0.3) is 0 Å². The largest absolute Gasteiger partial charge is 0.389 e. The van der Waals surface area contributed by atoms with E-state index in [-0.39, 0.29) is 16.7 Å². The van der Waals surface area contributed by atoms with Crippen LogP contribution in [0.1, 0.15) is 26.3 Å². The first-order chi connectivity index (χ1) is 11.0. The lowest BCUT2D eigenvalue weighted by atomic mass is 9.96. The number of allylic oxidation sites excluding steroid dienone is 4. The summed E-state index contributed by atoms with van der Waals surface area (Å²) < 4.78 is 9.16. The lowest BCUT2D eigenvalue weighted by Gasteiger charge is -2.04. The average Bonchev–Trinajstić information content (AvgIpc) is 2.85. The lowest BCUT2D eigenvalue weighted by molar-refractivity contribution is -0.152. The van der Waals surface area contributed by atoms with Gasteiger partial charge in [0, 0.05) is 0 Å². The molecular weight excluding hydrogens is 300 g/mol. The van der Waals surface area contributed by atoms with Crippen molar-refractivity contribution < 1.29 is 28.7 Å². The molecule has 6 nitrogen and oxygen atoms in total. The van der Waals surface area contributed by atoms with E-state index in [4.69, 9.17) is 0 Å². The predicted octanol–water partition coefficient (Wildman–Crippen LogP) is 1.58. The average molecular weight is 308 g/mol. The Kier molecular flexibility index (Phi) is 2.68. The molecule has 1 fully saturated rings. The van der Waals surface area contributed by atoms with Gasteiger partial charge in [-0.1, -0.05) is 24.3 Å². The van der Waals surface area contributed by atoms with Crippen LogP contribution in [-0.2, 0) is 19.1 Å². The van der Waals surface area contributed by atoms with E-state index >= 15 is 0 Å². The van der Waals surface area contributed by atoms with Gasteiger partial charge >= 0.3 is 23.9 Å². The van der Waals surface area contributed by atoms with Crippen LogP contribution in [0.5, 0.6) is 0 Å². The number of esters is 4. The molecule has 0 saturated carbocycles. The summed E-state index contributed by atoms with van der Waals surface area (Å²) in [5.74, 6) is -3.35. The van der Waals surface area contributed by atoms with E-state index in [2.05, 4.69) is 9.47 Å². The first-order valence-electron chi connectivity index (χ1n) is 6.81. The van der Waals surface area contributed by atoms with Crippen molar-refractivity contribution >= 4 is 29.5 Å². The standard InChI is InChI=1S/C17H8O6/c18-14-10-3-1-2-8(6-12(10)16(20)22-14)9-4-5-11-13(7-9)17(21)23-15(11)19/h1-7,10H. The Hall–Kier alpha value is -3.28. The summed E-state index contributed by atoms with van der Waals surface area (Å²) in [4.78, 5) is 46.4. The highest BCUT2D eigenvalue weighted by molar-refractivity contribution is 6.15. The molecule has 1 aromatic rings. The molecule has 3 aliphatic rings. The molecule has 0 spiro atoms. The molecule has 1 saturated heterocycles. The summed E-state index contributed by atoms with van der Waals surface area (Å²) in [6.07, 6.45) is 6.51. The number of hydrogen-bond donors (Lipinski definition) is 0. The van der Waals surface area contributed by atoms with Gasteiger partial charge in [0.2, 0.25) is 0 Å². The zero-order chi connectivity index (χ0) is 16.1. The van der Waals surface area contributed by atoms with E-state index < -0.39 is 29.8 Å².